The third-order valence-electron chi connectivity index (χ3n) is 2.62. The van der Waals surface area contributed by atoms with Gasteiger partial charge in [-0.1, -0.05) is 20.8 Å². The standard InChI is InChI=1S/C13H20N6O/c1-13(2,3)6-9-20-12-17-10(14-4)16-11(18-12)19-8-5-7-15-19/h5,7-8H,6,9H2,1-4H3,(H,14,16,17,18). The third-order valence-corrected chi connectivity index (χ3v) is 2.62. The summed E-state index contributed by atoms with van der Waals surface area (Å²) in [6.07, 6.45) is 4.36. The van der Waals surface area contributed by atoms with Crippen LogP contribution in [0.2, 0.25) is 0 Å². The van der Waals surface area contributed by atoms with Gasteiger partial charge in [0, 0.05) is 19.4 Å². The van der Waals surface area contributed by atoms with Gasteiger partial charge in [-0.15, -0.1) is 0 Å². The summed E-state index contributed by atoms with van der Waals surface area (Å²) in [4.78, 5) is 12.7. The maximum Gasteiger partial charge on any atom is 0.323 e. The molecule has 0 fully saturated rings. The van der Waals surface area contributed by atoms with E-state index in [1.165, 1.54) is 0 Å². The first-order chi connectivity index (χ1) is 9.48. The van der Waals surface area contributed by atoms with Gasteiger partial charge < -0.3 is 10.1 Å². The summed E-state index contributed by atoms with van der Waals surface area (Å²) in [5.74, 6) is 0.886. The van der Waals surface area contributed by atoms with Crippen molar-refractivity contribution in [3.63, 3.8) is 0 Å². The lowest BCUT2D eigenvalue weighted by Crippen LogP contribution is -2.14. The van der Waals surface area contributed by atoms with Crippen molar-refractivity contribution in [2.45, 2.75) is 27.2 Å². The van der Waals surface area contributed by atoms with E-state index in [-0.39, 0.29) is 5.41 Å². The Labute approximate surface area is 118 Å². The number of ether oxygens (including phenoxy) is 1. The second-order valence-corrected chi connectivity index (χ2v) is 5.60. The molecule has 0 saturated heterocycles. The van der Waals surface area contributed by atoms with Crippen LogP contribution in [-0.4, -0.2) is 38.4 Å². The molecule has 0 amide bonds. The van der Waals surface area contributed by atoms with Crippen molar-refractivity contribution >= 4 is 5.95 Å². The Morgan fingerprint density at radius 1 is 1.25 bits per heavy atom. The Kier molecular flexibility index (Phi) is 4.16. The van der Waals surface area contributed by atoms with Crippen LogP contribution in [0.1, 0.15) is 27.2 Å². The second-order valence-electron chi connectivity index (χ2n) is 5.60. The van der Waals surface area contributed by atoms with E-state index >= 15 is 0 Å². The van der Waals surface area contributed by atoms with Crippen LogP contribution in [0, 0.1) is 5.41 Å². The molecule has 0 unspecified atom stereocenters. The lowest BCUT2D eigenvalue weighted by molar-refractivity contribution is 0.228. The van der Waals surface area contributed by atoms with E-state index in [1.807, 2.05) is 6.07 Å². The van der Waals surface area contributed by atoms with Crippen LogP contribution >= 0.6 is 0 Å². The molecule has 0 spiro atoms. The lowest BCUT2D eigenvalue weighted by Gasteiger charge is -2.17. The fourth-order valence-electron chi connectivity index (χ4n) is 1.46. The molecule has 0 aliphatic rings. The van der Waals surface area contributed by atoms with Gasteiger partial charge in [-0.3, -0.25) is 0 Å². The molecule has 0 saturated carbocycles. The highest BCUT2D eigenvalue weighted by Gasteiger charge is 2.12. The van der Waals surface area contributed by atoms with Crippen molar-refractivity contribution in [2.24, 2.45) is 5.41 Å². The summed E-state index contributed by atoms with van der Waals surface area (Å²) >= 11 is 0. The van der Waals surface area contributed by atoms with Gasteiger partial charge in [0.15, 0.2) is 0 Å². The molecule has 0 aliphatic heterocycles. The predicted octanol–water partition coefficient (Wildman–Crippen LogP) is 1.91. The maximum atomic E-state index is 5.62. The summed E-state index contributed by atoms with van der Waals surface area (Å²) in [6, 6.07) is 2.11. The van der Waals surface area contributed by atoms with Crippen molar-refractivity contribution < 1.29 is 4.74 Å². The lowest BCUT2D eigenvalue weighted by atomic mass is 9.93. The zero-order chi connectivity index (χ0) is 14.6. The Balaban J connectivity index is 2.14. The minimum atomic E-state index is 0.212. The van der Waals surface area contributed by atoms with Crippen molar-refractivity contribution in [1.29, 1.82) is 0 Å². The minimum absolute atomic E-state index is 0.212. The van der Waals surface area contributed by atoms with Gasteiger partial charge in [-0.25, -0.2) is 4.68 Å². The summed E-state index contributed by atoms with van der Waals surface area (Å²) in [5, 5.41) is 7.00. The van der Waals surface area contributed by atoms with Crippen LogP contribution in [0.4, 0.5) is 5.95 Å². The van der Waals surface area contributed by atoms with Gasteiger partial charge >= 0.3 is 6.01 Å². The number of rotatable bonds is 5. The molecule has 0 atom stereocenters. The third kappa shape index (κ3) is 3.91. The smallest absolute Gasteiger partial charge is 0.323 e. The van der Waals surface area contributed by atoms with Gasteiger partial charge in [0.05, 0.1) is 6.61 Å². The van der Waals surface area contributed by atoms with Crippen molar-refractivity contribution in [3.05, 3.63) is 18.5 Å². The largest absolute Gasteiger partial charge is 0.463 e. The molecule has 2 heterocycles. The highest BCUT2D eigenvalue weighted by atomic mass is 16.5. The molecular weight excluding hydrogens is 256 g/mol. The average Bonchev–Trinajstić information content (AvgIpc) is 2.90. The van der Waals surface area contributed by atoms with Crippen molar-refractivity contribution in [3.8, 4) is 12.0 Å². The highest BCUT2D eigenvalue weighted by Crippen LogP contribution is 2.19. The van der Waals surface area contributed by atoms with Crippen LogP contribution in [0.15, 0.2) is 18.5 Å². The minimum Gasteiger partial charge on any atom is -0.463 e. The Bertz CT molecular complexity index is 546. The fraction of sp³-hybridized carbons (Fsp3) is 0.538. The number of aromatic nitrogens is 5. The van der Waals surface area contributed by atoms with E-state index in [1.54, 1.807) is 24.1 Å². The summed E-state index contributed by atoms with van der Waals surface area (Å²) in [6.45, 7) is 7.06. The molecule has 2 rings (SSSR count). The van der Waals surface area contributed by atoms with E-state index in [4.69, 9.17) is 4.74 Å². The SMILES string of the molecule is CNc1nc(OCCC(C)(C)C)nc(-n2cccn2)n1. The topological polar surface area (TPSA) is 77.8 Å². The molecule has 1 N–H and O–H groups in total. The Morgan fingerprint density at radius 2 is 2.05 bits per heavy atom. The molecule has 7 heteroatoms. The van der Waals surface area contributed by atoms with E-state index in [9.17, 15) is 0 Å². The Hall–Kier alpha value is -2.18. The molecule has 0 radical (unpaired) electrons. The van der Waals surface area contributed by atoms with Gasteiger partial charge in [-0.05, 0) is 17.9 Å². The van der Waals surface area contributed by atoms with Crippen LogP contribution in [0.5, 0.6) is 6.01 Å². The van der Waals surface area contributed by atoms with E-state index in [0.29, 0.717) is 24.5 Å². The van der Waals surface area contributed by atoms with Crippen molar-refractivity contribution in [1.82, 2.24) is 24.7 Å². The zero-order valence-corrected chi connectivity index (χ0v) is 12.3. The number of hydrogen-bond donors (Lipinski definition) is 1. The first kappa shape index (κ1) is 14.2. The van der Waals surface area contributed by atoms with Gasteiger partial charge in [-0.2, -0.15) is 20.1 Å². The quantitative estimate of drug-likeness (QED) is 0.899. The Morgan fingerprint density at radius 3 is 2.65 bits per heavy atom. The van der Waals surface area contributed by atoms with Gasteiger partial charge in [0.1, 0.15) is 0 Å². The van der Waals surface area contributed by atoms with Crippen LogP contribution in [0.3, 0.4) is 0 Å². The number of nitrogens with one attached hydrogen (secondary N) is 1. The fourth-order valence-corrected chi connectivity index (χ4v) is 1.46. The molecule has 108 valence electrons. The zero-order valence-electron chi connectivity index (χ0n) is 12.3. The molecule has 20 heavy (non-hydrogen) atoms. The number of anilines is 1. The summed E-state index contributed by atoms with van der Waals surface area (Å²) < 4.78 is 7.19. The molecule has 2 aromatic heterocycles. The molecule has 7 nitrogen and oxygen atoms in total. The maximum absolute atomic E-state index is 5.62. The predicted molar refractivity (Wildman–Crippen MR) is 76.1 cm³/mol. The summed E-state index contributed by atoms with van der Waals surface area (Å²) in [5.41, 5.74) is 0.212. The normalized spacial score (nSPS) is 11.4. The first-order valence-corrected chi connectivity index (χ1v) is 6.54. The van der Waals surface area contributed by atoms with E-state index in [2.05, 4.69) is 46.1 Å². The van der Waals surface area contributed by atoms with E-state index < -0.39 is 0 Å². The first-order valence-electron chi connectivity index (χ1n) is 6.54. The van der Waals surface area contributed by atoms with E-state index in [0.717, 1.165) is 6.42 Å². The molecule has 2 aromatic rings. The molecule has 0 bridgehead atoms. The number of nitrogens with zero attached hydrogens (tertiary/aromatic N) is 5. The van der Waals surface area contributed by atoms with Crippen molar-refractivity contribution in [2.75, 3.05) is 19.0 Å². The highest BCUT2D eigenvalue weighted by molar-refractivity contribution is 5.28. The van der Waals surface area contributed by atoms with Crippen LogP contribution in [-0.2, 0) is 0 Å². The monoisotopic (exact) mass is 276 g/mol. The van der Waals surface area contributed by atoms with Gasteiger partial charge in [0.2, 0.25) is 5.95 Å². The van der Waals surface area contributed by atoms with Crippen LogP contribution < -0.4 is 10.1 Å². The summed E-state index contributed by atoms with van der Waals surface area (Å²) in [7, 11) is 1.75. The second kappa shape index (κ2) is 5.85. The molecule has 0 aromatic carbocycles. The molecule has 0 aliphatic carbocycles. The number of hydrogen-bond acceptors (Lipinski definition) is 6. The molecular formula is C13H20N6O. The average molecular weight is 276 g/mol. The van der Waals surface area contributed by atoms with Crippen LogP contribution in [0.25, 0.3) is 5.95 Å². The van der Waals surface area contributed by atoms with Gasteiger partial charge in [0.25, 0.3) is 5.95 Å².